The zero-order valence-corrected chi connectivity index (χ0v) is 48.6. The highest BCUT2D eigenvalue weighted by Crippen LogP contribution is 2.31. The number of fused-ring (bicyclic) bond motifs is 4. The van der Waals surface area contributed by atoms with Gasteiger partial charge in [0.2, 0.25) is 0 Å². The summed E-state index contributed by atoms with van der Waals surface area (Å²) in [5.74, 6) is 0. The molecule has 0 aliphatic rings. The molecule has 0 unspecified atom stereocenters. The molecule has 4 heterocycles. The lowest BCUT2D eigenvalue weighted by atomic mass is 9.86. The molecule has 0 saturated heterocycles. The Morgan fingerprint density at radius 3 is 1.05 bits per heavy atom. The first-order valence-corrected chi connectivity index (χ1v) is 41.7. The summed E-state index contributed by atoms with van der Waals surface area (Å²) in [5.41, 5.74) is 7.20. The van der Waals surface area contributed by atoms with Gasteiger partial charge in [-0.2, -0.15) is 0 Å². The van der Waals surface area contributed by atoms with E-state index in [0.717, 1.165) is 22.5 Å². The molecule has 7 rings (SSSR count). The van der Waals surface area contributed by atoms with Gasteiger partial charge in [-0.3, -0.25) is 14.0 Å². The van der Waals surface area contributed by atoms with Crippen molar-refractivity contribution in [1.29, 1.82) is 0 Å². The molecule has 0 bridgehead atoms. The number of hydrogen-bond donors (Lipinski definition) is 0. The summed E-state index contributed by atoms with van der Waals surface area (Å²) in [6.45, 7) is 13.1. The largest absolute Gasteiger partial charge is 0.288 e. The molecule has 0 amide bonds. The van der Waals surface area contributed by atoms with Crippen LogP contribution in [0.1, 0.15) is 52.7 Å². The van der Waals surface area contributed by atoms with Crippen molar-refractivity contribution in [3.05, 3.63) is 123 Å². The van der Waals surface area contributed by atoms with E-state index in [9.17, 15) is 9.59 Å². The van der Waals surface area contributed by atoms with E-state index < -0.39 is 0 Å². The van der Waals surface area contributed by atoms with E-state index in [1.807, 2.05) is 28.7 Å². The Morgan fingerprint density at radius 2 is 0.742 bits per heavy atom. The standard InChI is InChI=1S/C38H33N3O2.S19/c1-37(2,3)24-14-10-22(11-15-24)30-20-18-28-33(42)26-8-7-9-27-32(26)41(35(28)39-30)36-29(34(27)43)19-21-31(40-36)23-12-16-25(17-13-23)38(4,5)6;1-3-5-7-9-11-13-15-17-19-18-16-14-12-10-8-6-4-2/h7-21H,1-6H3;. The summed E-state index contributed by atoms with van der Waals surface area (Å²) >= 11 is 9.50. The Labute approximate surface area is 417 Å². The molecule has 0 aliphatic carbocycles. The van der Waals surface area contributed by atoms with Crippen LogP contribution in [-0.4, -0.2) is 14.4 Å². The maximum Gasteiger partial charge on any atom is 0.198 e. The van der Waals surface area contributed by atoms with Crippen LogP contribution in [0.4, 0.5) is 0 Å². The first-order chi connectivity index (χ1) is 29.8. The van der Waals surface area contributed by atoms with Crippen molar-refractivity contribution in [2.24, 2.45) is 0 Å². The van der Waals surface area contributed by atoms with Gasteiger partial charge in [0.05, 0.1) is 27.7 Å². The molecule has 0 fully saturated rings. The van der Waals surface area contributed by atoms with Gasteiger partial charge in [-0.05, 0) is 58.4 Å². The molecular weight excluding hydrogens is 1140 g/mol. The van der Waals surface area contributed by atoms with Gasteiger partial charge in [0, 0.05) is 195 Å². The molecule has 0 radical (unpaired) electrons. The quantitative estimate of drug-likeness (QED) is 0.129. The monoisotopic (exact) mass is 1170 g/mol. The minimum absolute atomic E-state index is 0.0365. The molecule has 0 atom stereocenters. The van der Waals surface area contributed by atoms with E-state index in [2.05, 4.69) is 90.1 Å². The molecule has 0 aliphatic heterocycles. The topological polar surface area (TPSA) is 64.3 Å². The fourth-order valence-electron chi connectivity index (χ4n) is 6.12. The van der Waals surface area contributed by atoms with E-state index in [1.54, 1.807) is 151 Å². The summed E-state index contributed by atoms with van der Waals surface area (Å²) in [7, 11) is 29.0. The van der Waals surface area contributed by atoms with Gasteiger partial charge in [-0.25, -0.2) is 9.97 Å². The minimum atomic E-state index is -0.143. The van der Waals surface area contributed by atoms with Gasteiger partial charge in [0.1, 0.15) is 0 Å². The van der Waals surface area contributed by atoms with Crippen LogP contribution in [0.2, 0.25) is 0 Å². The molecule has 62 heavy (non-hydrogen) atoms. The third kappa shape index (κ3) is 13.2. The highest BCUT2D eigenvalue weighted by Gasteiger charge is 2.20. The predicted molar refractivity (Wildman–Crippen MR) is 317 cm³/mol. The van der Waals surface area contributed by atoms with Crippen LogP contribution in [0.3, 0.4) is 0 Å². The number of aromatic nitrogens is 3. The highest BCUT2D eigenvalue weighted by molar-refractivity contribution is 8.78. The summed E-state index contributed by atoms with van der Waals surface area (Å²) in [6, 6.07) is 29.6. The fourth-order valence-corrected chi connectivity index (χ4v) is 47.3. The zero-order valence-electron chi connectivity index (χ0n) is 33.1. The molecule has 4 aromatic heterocycles. The van der Waals surface area contributed by atoms with E-state index in [0.29, 0.717) is 38.4 Å². The van der Waals surface area contributed by atoms with Gasteiger partial charge < -0.3 is 0 Å². The van der Waals surface area contributed by atoms with Gasteiger partial charge in [0.15, 0.2) is 22.2 Å². The Morgan fingerprint density at radius 1 is 0.419 bits per heavy atom. The zero-order chi connectivity index (χ0) is 44.3. The molecule has 326 valence electrons. The van der Waals surface area contributed by atoms with Crippen molar-refractivity contribution in [1.82, 2.24) is 14.4 Å². The van der Waals surface area contributed by atoms with Gasteiger partial charge in [-0.15, -0.1) is 0 Å². The Bertz CT molecular complexity index is 3570. The van der Waals surface area contributed by atoms with E-state index in [4.69, 9.17) is 32.3 Å². The summed E-state index contributed by atoms with van der Waals surface area (Å²) in [5, 5.41) is 1.94. The average Bonchev–Trinajstić information content (AvgIpc) is 3.27. The lowest BCUT2D eigenvalue weighted by molar-refractivity contribution is 0.590. The molecule has 3 aromatic carbocycles. The van der Waals surface area contributed by atoms with Crippen molar-refractivity contribution in [3.8, 4) is 22.5 Å². The third-order valence-electron chi connectivity index (χ3n) is 8.95. The van der Waals surface area contributed by atoms with Crippen LogP contribution in [-0.2, 0) is 184 Å². The van der Waals surface area contributed by atoms with E-state index in [-0.39, 0.29) is 21.7 Å². The van der Waals surface area contributed by atoms with Gasteiger partial charge >= 0.3 is 0 Å². The first-order valence-electron chi connectivity index (χ1n) is 17.7. The normalized spacial score (nSPS) is 11.0. The molecule has 0 N–H and O–H groups in total. The lowest BCUT2D eigenvalue weighted by Gasteiger charge is -2.19. The molecule has 0 spiro atoms. The van der Waals surface area contributed by atoms with Crippen LogP contribution in [0.25, 0.3) is 60.9 Å². The molecule has 0 saturated carbocycles. The van der Waals surface area contributed by atoms with Crippen molar-refractivity contribution < 1.29 is 0 Å². The van der Waals surface area contributed by atoms with Gasteiger partial charge in [0.25, 0.3) is 0 Å². The van der Waals surface area contributed by atoms with E-state index in [1.165, 1.54) is 28.9 Å². The number of para-hydroxylation sites is 1. The SMILES string of the molecule is CC(C)(C)c1ccc(-c2ccc3c(=O)c4cccc5c(=O)c6ccc(-c7ccc(C(C)(C)C)cc7)nc6n(c3n2)c45)cc1.S=S=S=S=S=S=S=S=S=S=S=S=S=S=S=S=S=S=S. The van der Waals surface area contributed by atoms with Crippen LogP contribution >= 0.6 is 0 Å². The summed E-state index contributed by atoms with van der Waals surface area (Å²) in [6.07, 6.45) is 0. The fraction of sp³-hybridized carbons (Fsp3) is 0.211. The smallest absolute Gasteiger partial charge is 0.198 e. The Balaban J connectivity index is 0.000000287. The van der Waals surface area contributed by atoms with Crippen molar-refractivity contribution in [3.63, 3.8) is 0 Å². The Kier molecular flexibility index (Phi) is 19.9. The maximum absolute atomic E-state index is 13.8. The molecule has 5 nitrogen and oxygen atoms in total. The first kappa shape index (κ1) is 50.7. The second-order valence-corrected chi connectivity index (χ2v) is 44.7. The molecular formula is C38H33N3O2S19. The number of hydrogen-bond acceptors (Lipinski definition) is 6. The molecule has 24 heteroatoms. The summed E-state index contributed by atoms with van der Waals surface area (Å²) in [4.78, 5) is 37.7. The maximum atomic E-state index is 13.8. The highest BCUT2D eigenvalue weighted by atomic mass is 33.5. The van der Waals surface area contributed by atoms with Crippen LogP contribution in [0.15, 0.2) is 101 Å². The third-order valence-corrected chi connectivity index (χ3v) is 44.5. The van der Waals surface area contributed by atoms with Crippen molar-refractivity contribution >= 4 is 212 Å². The number of benzene rings is 3. The lowest BCUT2D eigenvalue weighted by Crippen LogP contribution is -2.15. The minimum Gasteiger partial charge on any atom is -0.288 e. The van der Waals surface area contributed by atoms with Crippen LogP contribution in [0, 0.1) is 0 Å². The number of nitrogens with zero attached hydrogens (tertiary/aromatic N) is 3. The second kappa shape index (κ2) is 24.3. The van der Waals surface area contributed by atoms with Crippen LogP contribution < -0.4 is 10.9 Å². The molecule has 7 aromatic rings. The predicted octanol–water partition coefficient (Wildman–Crippen LogP) is 8.23. The van der Waals surface area contributed by atoms with Crippen molar-refractivity contribution in [2.75, 3.05) is 0 Å². The Hall–Kier alpha value is -0.720. The second-order valence-electron chi connectivity index (χ2n) is 14.6. The average molecular weight is 1170 g/mol. The number of rotatable bonds is 2. The number of pyridine rings is 4. The van der Waals surface area contributed by atoms with Crippen molar-refractivity contribution in [2.45, 2.75) is 52.4 Å². The van der Waals surface area contributed by atoms with Crippen LogP contribution in [0.5, 0.6) is 0 Å². The van der Waals surface area contributed by atoms with E-state index >= 15 is 0 Å². The summed E-state index contributed by atoms with van der Waals surface area (Å²) < 4.78 is 1.91. The van der Waals surface area contributed by atoms with Gasteiger partial charge in [-0.1, -0.05) is 96.1 Å².